The van der Waals surface area contributed by atoms with E-state index in [4.69, 9.17) is 0 Å². The predicted octanol–water partition coefficient (Wildman–Crippen LogP) is 4.40. The molecule has 150 valence electrons. The van der Waals surface area contributed by atoms with Gasteiger partial charge in [0.15, 0.2) is 0 Å². The number of hydrogen-bond acceptors (Lipinski definition) is 3. The van der Waals surface area contributed by atoms with Gasteiger partial charge in [-0.05, 0) is 55.2 Å². The zero-order valence-electron chi connectivity index (χ0n) is 17.5. The smallest absolute Gasteiger partial charge is 0.323 e. The Morgan fingerprint density at radius 3 is 2.39 bits per heavy atom. The monoisotopic (exact) mass is 382 g/mol. The molecule has 28 heavy (non-hydrogen) atoms. The van der Waals surface area contributed by atoms with E-state index in [0.29, 0.717) is 23.7 Å². The minimum atomic E-state index is -0.347. The molecular formula is C22H30N4O2. The Morgan fingerprint density at radius 2 is 1.75 bits per heavy atom. The van der Waals surface area contributed by atoms with Crippen LogP contribution in [0.25, 0.3) is 0 Å². The first-order valence-corrected chi connectivity index (χ1v) is 9.42. The van der Waals surface area contributed by atoms with Crippen molar-refractivity contribution in [2.24, 2.45) is 5.92 Å². The summed E-state index contributed by atoms with van der Waals surface area (Å²) in [7, 11) is 3.77. The molecule has 2 aromatic rings. The summed E-state index contributed by atoms with van der Waals surface area (Å²) >= 11 is 0. The van der Waals surface area contributed by atoms with Crippen LogP contribution >= 0.6 is 0 Å². The van der Waals surface area contributed by atoms with Gasteiger partial charge in [-0.2, -0.15) is 0 Å². The second-order valence-electron chi connectivity index (χ2n) is 7.56. The van der Waals surface area contributed by atoms with Crippen molar-refractivity contribution < 1.29 is 9.59 Å². The Morgan fingerprint density at radius 1 is 1.04 bits per heavy atom. The van der Waals surface area contributed by atoms with Gasteiger partial charge in [0, 0.05) is 37.7 Å². The number of amides is 3. The molecule has 2 aromatic carbocycles. The van der Waals surface area contributed by atoms with Crippen LogP contribution in [0.1, 0.15) is 35.3 Å². The van der Waals surface area contributed by atoms with Gasteiger partial charge >= 0.3 is 6.03 Å². The predicted molar refractivity (Wildman–Crippen MR) is 116 cm³/mol. The van der Waals surface area contributed by atoms with E-state index in [2.05, 4.69) is 16.0 Å². The van der Waals surface area contributed by atoms with Crippen molar-refractivity contribution in [1.82, 2.24) is 5.32 Å². The molecule has 0 saturated carbocycles. The van der Waals surface area contributed by atoms with Gasteiger partial charge in [0.25, 0.3) is 5.91 Å². The Balaban J connectivity index is 2.19. The highest BCUT2D eigenvalue weighted by atomic mass is 16.2. The number of nitrogens with one attached hydrogen (secondary N) is 3. The summed E-state index contributed by atoms with van der Waals surface area (Å²) < 4.78 is 0. The lowest BCUT2D eigenvalue weighted by Crippen LogP contribution is -2.29. The molecule has 0 atom stereocenters. The van der Waals surface area contributed by atoms with Gasteiger partial charge in [0.2, 0.25) is 0 Å². The van der Waals surface area contributed by atoms with Gasteiger partial charge in [-0.25, -0.2) is 4.79 Å². The van der Waals surface area contributed by atoms with Crippen molar-refractivity contribution in [3.05, 3.63) is 53.1 Å². The Bertz CT molecular complexity index is 860. The van der Waals surface area contributed by atoms with Crippen LogP contribution in [0.2, 0.25) is 0 Å². The molecule has 0 unspecified atom stereocenters. The Kier molecular flexibility index (Phi) is 7.04. The highest BCUT2D eigenvalue weighted by Gasteiger charge is 2.15. The Hall–Kier alpha value is -3.02. The van der Waals surface area contributed by atoms with Crippen LogP contribution < -0.4 is 20.9 Å². The van der Waals surface area contributed by atoms with E-state index in [1.807, 2.05) is 71.0 Å². The van der Waals surface area contributed by atoms with Crippen molar-refractivity contribution in [2.45, 2.75) is 27.7 Å². The quantitative estimate of drug-likeness (QED) is 0.693. The van der Waals surface area contributed by atoms with Crippen LogP contribution in [0.4, 0.5) is 21.9 Å². The topological polar surface area (TPSA) is 73.5 Å². The average molecular weight is 383 g/mol. The molecule has 0 spiro atoms. The zero-order valence-corrected chi connectivity index (χ0v) is 17.5. The van der Waals surface area contributed by atoms with E-state index >= 15 is 0 Å². The first-order chi connectivity index (χ1) is 13.2. The summed E-state index contributed by atoms with van der Waals surface area (Å²) in [6, 6.07) is 10.7. The number of carbonyl (C=O) groups excluding carboxylic acids is 2. The lowest BCUT2D eigenvalue weighted by Gasteiger charge is -2.19. The number of rotatable bonds is 6. The summed E-state index contributed by atoms with van der Waals surface area (Å²) in [5, 5.41) is 8.61. The van der Waals surface area contributed by atoms with Crippen molar-refractivity contribution in [2.75, 3.05) is 36.2 Å². The fourth-order valence-corrected chi connectivity index (χ4v) is 2.75. The molecule has 0 aliphatic carbocycles. The maximum absolute atomic E-state index is 12.6. The molecule has 0 bridgehead atoms. The normalized spacial score (nSPS) is 10.5. The molecule has 0 heterocycles. The summed E-state index contributed by atoms with van der Waals surface area (Å²) in [6.07, 6.45) is 0. The summed E-state index contributed by atoms with van der Waals surface area (Å²) in [5.41, 5.74) is 4.77. The lowest BCUT2D eigenvalue weighted by molar-refractivity contribution is 0.0949. The van der Waals surface area contributed by atoms with E-state index < -0.39 is 0 Å². The van der Waals surface area contributed by atoms with Crippen molar-refractivity contribution in [3.8, 4) is 0 Å². The molecular weight excluding hydrogens is 352 g/mol. The summed E-state index contributed by atoms with van der Waals surface area (Å²) in [5.74, 6) is 0.201. The molecule has 0 fully saturated rings. The third-order valence-electron chi connectivity index (χ3n) is 4.50. The molecule has 3 amide bonds. The fraction of sp³-hybridized carbons (Fsp3) is 0.364. The molecule has 0 saturated heterocycles. The number of benzene rings is 2. The zero-order chi connectivity index (χ0) is 20.8. The maximum Gasteiger partial charge on any atom is 0.323 e. The van der Waals surface area contributed by atoms with E-state index in [1.54, 1.807) is 12.1 Å². The van der Waals surface area contributed by atoms with E-state index in [0.717, 1.165) is 22.5 Å². The minimum Gasteiger partial charge on any atom is -0.377 e. The number of anilines is 3. The van der Waals surface area contributed by atoms with Crippen LogP contribution in [-0.2, 0) is 0 Å². The Labute approximate surface area is 167 Å². The van der Waals surface area contributed by atoms with Gasteiger partial charge in [-0.1, -0.05) is 26.0 Å². The third-order valence-corrected chi connectivity index (χ3v) is 4.50. The van der Waals surface area contributed by atoms with Crippen LogP contribution in [0.5, 0.6) is 0 Å². The van der Waals surface area contributed by atoms with Crippen LogP contribution in [-0.4, -0.2) is 32.6 Å². The molecule has 2 rings (SSSR count). The summed E-state index contributed by atoms with van der Waals surface area (Å²) in [4.78, 5) is 26.9. The molecule has 0 aromatic heterocycles. The number of urea groups is 1. The van der Waals surface area contributed by atoms with Gasteiger partial charge in [0.1, 0.15) is 0 Å². The average Bonchev–Trinajstić information content (AvgIpc) is 2.63. The minimum absolute atomic E-state index is 0.156. The van der Waals surface area contributed by atoms with Crippen molar-refractivity contribution >= 4 is 29.0 Å². The lowest BCUT2D eigenvalue weighted by atomic mass is 10.1. The van der Waals surface area contributed by atoms with Gasteiger partial charge in [0.05, 0.1) is 5.56 Å². The highest BCUT2D eigenvalue weighted by Crippen LogP contribution is 2.24. The first kappa shape index (κ1) is 21.3. The summed E-state index contributed by atoms with van der Waals surface area (Å²) in [6.45, 7) is 8.65. The molecule has 0 aliphatic rings. The standard InChI is InChI=1S/C22H30N4O2/c1-14(2)13-23-21(27)18-12-17(10-11-20(18)26(5)6)24-22(28)25-19-9-7-8-15(3)16(19)4/h7-12,14H,13H2,1-6H3,(H,23,27)(H2,24,25,28). The largest absolute Gasteiger partial charge is 0.377 e. The molecule has 6 heteroatoms. The van der Waals surface area contributed by atoms with Crippen LogP contribution in [0.15, 0.2) is 36.4 Å². The van der Waals surface area contributed by atoms with Crippen LogP contribution in [0.3, 0.4) is 0 Å². The SMILES string of the molecule is Cc1cccc(NC(=O)Nc2ccc(N(C)C)c(C(=O)NCC(C)C)c2)c1C. The van der Waals surface area contributed by atoms with Crippen LogP contribution in [0, 0.1) is 19.8 Å². The second kappa shape index (κ2) is 9.26. The number of hydrogen-bond donors (Lipinski definition) is 3. The van der Waals surface area contributed by atoms with E-state index in [1.165, 1.54) is 0 Å². The maximum atomic E-state index is 12.6. The fourth-order valence-electron chi connectivity index (χ4n) is 2.75. The second-order valence-corrected chi connectivity index (χ2v) is 7.56. The van der Waals surface area contributed by atoms with E-state index in [9.17, 15) is 9.59 Å². The number of nitrogens with zero attached hydrogens (tertiary/aromatic N) is 1. The van der Waals surface area contributed by atoms with E-state index in [-0.39, 0.29) is 11.9 Å². The number of carbonyl (C=O) groups is 2. The first-order valence-electron chi connectivity index (χ1n) is 9.42. The van der Waals surface area contributed by atoms with Crippen molar-refractivity contribution in [3.63, 3.8) is 0 Å². The molecule has 0 aliphatic heterocycles. The molecule has 6 nitrogen and oxygen atoms in total. The van der Waals surface area contributed by atoms with Gasteiger partial charge < -0.3 is 20.9 Å². The molecule has 0 radical (unpaired) electrons. The number of aryl methyl sites for hydroxylation is 1. The van der Waals surface area contributed by atoms with Gasteiger partial charge in [-0.15, -0.1) is 0 Å². The third kappa shape index (κ3) is 5.49. The van der Waals surface area contributed by atoms with Crippen molar-refractivity contribution in [1.29, 1.82) is 0 Å². The van der Waals surface area contributed by atoms with Gasteiger partial charge in [-0.3, -0.25) is 4.79 Å². The highest BCUT2D eigenvalue weighted by molar-refractivity contribution is 6.04. The molecule has 3 N–H and O–H groups in total.